The Hall–Kier alpha value is -0.570. The van der Waals surface area contributed by atoms with Crippen LogP contribution in [-0.4, -0.2) is 24.2 Å². The second-order valence-electron chi connectivity index (χ2n) is 9.12. The lowest BCUT2D eigenvalue weighted by molar-refractivity contribution is -0.136. The molecule has 1 aliphatic carbocycles. The number of rotatable bonds is 4. The first-order valence-electron chi connectivity index (χ1n) is 9.60. The van der Waals surface area contributed by atoms with Crippen LogP contribution in [0.2, 0.25) is 0 Å². The highest BCUT2D eigenvalue weighted by Gasteiger charge is 2.41. The van der Waals surface area contributed by atoms with E-state index in [1.54, 1.807) is 0 Å². The highest BCUT2D eigenvalue weighted by molar-refractivity contribution is 5.79. The van der Waals surface area contributed by atoms with E-state index in [2.05, 4.69) is 46.9 Å². The van der Waals surface area contributed by atoms with Crippen molar-refractivity contribution in [3.63, 3.8) is 0 Å². The van der Waals surface area contributed by atoms with Gasteiger partial charge in [0.2, 0.25) is 5.91 Å². The molecule has 1 unspecified atom stereocenters. The second-order valence-corrected chi connectivity index (χ2v) is 9.12. The van der Waals surface area contributed by atoms with E-state index < -0.39 is 0 Å². The Morgan fingerprint density at radius 1 is 1.04 bits per heavy atom. The third-order valence-corrected chi connectivity index (χ3v) is 6.63. The highest BCUT2D eigenvalue weighted by atomic mass is 16.5. The number of nitrogens with one attached hydrogen (secondary N) is 1. The lowest BCUT2D eigenvalue weighted by Gasteiger charge is -2.47. The molecular formula is C20H37NO2. The van der Waals surface area contributed by atoms with Crippen molar-refractivity contribution in [1.82, 2.24) is 5.32 Å². The summed E-state index contributed by atoms with van der Waals surface area (Å²) in [6.45, 7) is 14.3. The van der Waals surface area contributed by atoms with Crippen LogP contribution in [0, 0.1) is 23.2 Å². The predicted octanol–water partition coefficient (Wildman–Crippen LogP) is 4.55. The van der Waals surface area contributed by atoms with Gasteiger partial charge in [-0.15, -0.1) is 0 Å². The summed E-state index contributed by atoms with van der Waals surface area (Å²) in [5, 5.41) is 3.35. The molecule has 3 nitrogen and oxygen atoms in total. The molecule has 0 bridgehead atoms. The van der Waals surface area contributed by atoms with E-state index in [-0.39, 0.29) is 17.4 Å². The number of amides is 1. The van der Waals surface area contributed by atoms with E-state index in [0.29, 0.717) is 18.1 Å². The summed E-state index contributed by atoms with van der Waals surface area (Å²) >= 11 is 0. The van der Waals surface area contributed by atoms with Gasteiger partial charge in [-0.2, -0.15) is 0 Å². The Morgan fingerprint density at radius 3 is 2.09 bits per heavy atom. The Kier molecular flexibility index (Phi) is 5.81. The minimum Gasteiger partial charge on any atom is -0.376 e. The molecule has 3 heteroatoms. The summed E-state index contributed by atoms with van der Waals surface area (Å²) in [6, 6.07) is 0.374. The SMILES string of the molecule is CC(C)C1(C(C)C)CCC(NC(=O)C2CCOC(C)(C)C2)CC1. The Balaban J connectivity index is 1.87. The summed E-state index contributed by atoms with van der Waals surface area (Å²) in [5.41, 5.74) is 0.305. The maximum Gasteiger partial charge on any atom is 0.223 e. The van der Waals surface area contributed by atoms with E-state index in [9.17, 15) is 4.79 Å². The van der Waals surface area contributed by atoms with Crippen LogP contribution in [-0.2, 0) is 9.53 Å². The van der Waals surface area contributed by atoms with Crippen LogP contribution < -0.4 is 5.32 Å². The van der Waals surface area contributed by atoms with Crippen LogP contribution in [0.3, 0.4) is 0 Å². The molecule has 2 rings (SSSR count). The van der Waals surface area contributed by atoms with Gasteiger partial charge in [-0.1, -0.05) is 27.7 Å². The number of hydrogen-bond acceptors (Lipinski definition) is 2. The summed E-state index contributed by atoms with van der Waals surface area (Å²) in [7, 11) is 0. The Labute approximate surface area is 142 Å². The van der Waals surface area contributed by atoms with Crippen molar-refractivity contribution in [2.24, 2.45) is 23.2 Å². The fourth-order valence-electron chi connectivity index (χ4n) is 4.90. The third-order valence-electron chi connectivity index (χ3n) is 6.63. The first kappa shape index (κ1) is 18.8. The zero-order valence-electron chi connectivity index (χ0n) is 16.1. The topological polar surface area (TPSA) is 38.3 Å². The molecule has 0 aromatic heterocycles. The average molecular weight is 324 g/mol. The van der Waals surface area contributed by atoms with Crippen molar-refractivity contribution in [3.05, 3.63) is 0 Å². The van der Waals surface area contributed by atoms with Gasteiger partial charge in [0, 0.05) is 18.6 Å². The first-order valence-corrected chi connectivity index (χ1v) is 9.60. The molecule has 1 saturated heterocycles. The van der Waals surface area contributed by atoms with Crippen molar-refractivity contribution in [2.75, 3.05) is 6.61 Å². The molecule has 1 amide bonds. The Morgan fingerprint density at radius 2 is 1.61 bits per heavy atom. The van der Waals surface area contributed by atoms with Crippen LogP contribution in [0.25, 0.3) is 0 Å². The second kappa shape index (κ2) is 7.13. The van der Waals surface area contributed by atoms with Crippen molar-refractivity contribution in [3.8, 4) is 0 Å². The van der Waals surface area contributed by atoms with Gasteiger partial charge in [-0.25, -0.2) is 0 Å². The number of carbonyl (C=O) groups is 1. The van der Waals surface area contributed by atoms with Crippen LogP contribution in [0.5, 0.6) is 0 Å². The van der Waals surface area contributed by atoms with Gasteiger partial charge in [-0.05, 0) is 69.6 Å². The van der Waals surface area contributed by atoms with Gasteiger partial charge in [-0.3, -0.25) is 4.79 Å². The molecule has 1 N–H and O–H groups in total. The van der Waals surface area contributed by atoms with E-state index in [0.717, 1.165) is 37.5 Å². The van der Waals surface area contributed by atoms with Crippen LogP contribution in [0.1, 0.15) is 80.1 Å². The molecule has 0 aromatic carbocycles. The van der Waals surface area contributed by atoms with Crippen LogP contribution in [0.4, 0.5) is 0 Å². The van der Waals surface area contributed by atoms with Crippen LogP contribution >= 0.6 is 0 Å². The van der Waals surface area contributed by atoms with Crippen molar-refractivity contribution < 1.29 is 9.53 Å². The van der Waals surface area contributed by atoms with E-state index in [1.807, 2.05) is 0 Å². The summed E-state index contributed by atoms with van der Waals surface area (Å²) < 4.78 is 5.74. The zero-order valence-corrected chi connectivity index (χ0v) is 16.1. The Bertz CT molecular complexity index is 396. The monoisotopic (exact) mass is 323 g/mol. The quantitative estimate of drug-likeness (QED) is 0.824. The normalized spacial score (nSPS) is 28.1. The van der Waals surface area contributed by atoms with Crippen LogP contribution in [0.15, 0.2) is 0 Å². The first-order chi connectivity index (χ1) is 10.7. The molecule has 0 aromatic rings. The van der Waals surface area contributed by atoms with Gasteiger partial charge < -0.3 is 10.1 Å². The maximum absolute atomic E-state index is 12.6. The molecule has 0 radical (unpaired) electrons. The lowest BCUT2D eigenvalue weighted by Crippen LogP contribution is -2.48. The van der Waals surface area contributed by atoms with Gasteiger partial charge in [0.15, 0.2) is 0 Å². The van der Waals surface area contributed by atoms with Gasteiger partial charge in [0.1, 0.15) is 0 Å². The van der Waals surface area contributed by atoms with E-state index >= 15 is 0 Å². The molecular weight excluding hydrogens is 286 g/mol. The molecule has 2 aliphatic rings. The van der Waals surface area contributed by atoms with E-state index in [4.69, 9.17) is 4.74 Å². The fraction of sp³-hybridized carbons (Fsp3) is 0.950. The zero-order chi connectivity index (χ0) is 17.3. The van der Waals surface area contributed by atoms with Gasteiger partial charge >= 0.3 is 0 Å². The fourth-order valence-corrected chi connectivity index (χ4v) is 4.90. The number of hydrogen-bond donors (Lipinski definition) is 1. The van der Waals surface area contributed by atoms with Crippen molar-refractivity contribution in [2.45, 2.75) is 91.7 Å². The number of ether oxygens (including phenoxy) is 1. The summed E-state index contributed by atoms with van der Waals surface area (Å²) in [6.07, 6.45) is 6.46. The summed E-state index contributed by atoms with van der Waals surface area (Å²) in [5.74, 6) is 1.82. The molecule has 2 fully saturated rings. The predicted molar refractivity (Wildman–Crippen MR) is 95.3 cm³/mol. The van der Waals surface area contributed by atoms with Crippen molar-refractivity contribution in [1.29, 1.82) is 0 Å². The minimum atomic E-state index is -0.155. The lowest BCUT2D eigenvalue weighted by atomic mass is 9.60. The molecule has 0 spiro atoms. The molecule has 1 atom stereocenters. The molecule has 1 heterocycles. The largest absolute Gasteiger partial charge is 0.376 e. The molecule has 1 aliphatic heterocycles. The van der Waals surface area contributed by atoms with Gasteiger partial charge in [0.25, 0.3) is 0 Å². The van der Waals surface area contributed by atoms with Crippen molar-refractivity contribution >= 4 is 5.91 Å². The molecule has 23 heavy (non-hydrogen) atoms. The third kappa shape index (κ3) is 4.29. The smallest absolute Gasteiger partial charge is 0.223 e. The number of carbonyl (C=O) groups excluding carboxylic acids is 1. The maximum atomic E-state index is 12.6. The standard InChI is InChI=1S/C20H37NO2/c1-14(2)20(15(3)4)10-7-17(8-11-20)21-18(22)16-9-12-23-19(5,6)13-16/h14-17H,7-13H2,1-6H3,(H,21,22). The van der Waals surface area contributed by atoms with Gasteiger partial charge in [0.05, 0.1) is 5.60 Å². The summed E-state index contributed by atoms with van der Waals surface area (Å²) in [4.78, 5) is 12.6. The van der Waals surface area contributed by atoms with E-state index in [1.165, 1.54) is 12.8 Å². The average Bonchev–Trinajstić information content (AvgIpc) is 2.46. The minimum absolute atomic E-state index is 0.126. The molecule has 134 valence electrons. The highest BCUT2D eigenvalue weighted by Crippen LogP contribution is 2.48. The molecule has 1 saturated carbocycles.